The van der Waals surface area contributed by atoms with Crippen molar-refractivity contribution in [1.29, 1.82) is 0 Å². The highest BCUT2D eigenvalue weighted by molar-refractivity contribution is 8.76. The fourth-order valence-corrected chi connectivity index (χ4v) is 13.7. The number of rotatable bonds is 31. The Morgan fingerprint density at radius 2 is 1.45 bits per heavy atom. The van der Waals surface area contributed by atoms with Crippen LogP contribution in [0.4, 0.5) is 23.0 Å². The van der Waals surface area contributed by atoms with Gasteiger partial charge in [0.1, 0.15) is 35.3 Å². The van der Waals surface area contributed by atoms with Crippen molar-refractivity contribution in [2.45, 2.75) is 95.9 Å². The molecule has 0 bridgehead atoms. The van der Waals surface area contributed by atoms with Crippen LogP contribution in [0.3, 0.4) is 0 Å². The minimum atomic E-state index is -1.71. The summed E-state index contributed by atoms with van der Waals surface area (Å²) in [5, 5.41) is 41.1. The summed E-state index contributed by atoms with van der Waals surface area (Å²) in [6, 6.07) is 26.0. The number of hydrogen-bond donors (Lipinski definition) is 15. The van der Waals surface area contributed by atoms with Gasteiger partial charge >= 0.3 is 17.9 Å². The lowest BCUT2D eigenvalue weighted by Gasteiger charge is -2.24. The van der Waals surface area contributed by atoms with Gasteiger partial charge in [-0.2, -0.15) is 4.98 Å². The number of nitrogens with two attached hydrogens (primary N) is 3. The van der Waals surface area contributed by atoms with Crippen molar-refractivity contribution in [2.24, 2.45) is 16.5 Å². The van der Waals surface area contributed by atoms with Crippen molar-refractivity contribution in [3.8, 4) is 5.75 Å². The Labute approximate surface area is 611 Å². The summed E-state index contributed by atoms with van der Waals surface area (Å²) in [6.07, 6.45) is 0.909. The highest BCUT2D eigenvalue weighted by Gasteiger charge is 2.37. The monoisotopic (exact) mass is 1490 g/mol. The van der Waals surface area contributed by atoms with E-state index >= 15 is 0 Å². The Balaban J connectivity index is 0.000000257. The summed E-state index contributed by atoms with van der Waals surface area (Å²) < 4.78 is 5.55. The molecule has 18 N–H and O–H groups in total. The number of anilines is 4. The SMILES string of the molecule is CC(=O)Oc1cc2c(c3ccccc13)C(CCl)CN2C(=O)c1cc2cc(NC(=O)c3cc4cc(C)ccc4[nH]3)ccc2[nH]1.CNC(=O)CCSSC[C@H](NC(=O)[C@H](CC(=O)O)NC(=O)[C@H](CCCN=C(N)N)NC(=O)CC[C@@H](C)NC(=O)c1ccc(NCc2cnc3nc(N)[nH]c(=O)c3n2)cc1)C(=O)O. The largest absolute Gasteiger partial charge is 0.481 e. The molecule has 32 nitrogen and oxygen atoms in total. The van der Waals surface area contributed by atoms with E-state index in [0.717, 1.165) is 54.5 Å². The number of alkyl halides is 1. The third kappa shape index (κ3) is 21.0. The van der Waals surface area contributed by atoms with E-state index in [2.05, 4.69) is 72.1 Å². The van der Waals surface area contributed by atoms with Gasteiger partial charge in [0.25, 0.3) is 23.3 Å². The Morgan fingerprint density at radius 3 is 2.15 bits per heavy atom. The summed E-state index contributed by atoms with van der Waals surface area (Å²) in [5.41, 5.74) is 23.3. The number of halogens is 1. The highest BCUT2D eigenvalue weighted by atomic mass is 35.5. The molecule has 7 amide bonds. The molecule has 1 aliphatic heterocycles. The number of benzene rings is 5. The molecular weight excluding hydrogens is 1420 g/mol. The van der Waals surface area contributed by atoms with E-state index in [1.165, 1.54) is 31.0 Å². The van der Waals surface area contributed by atoms with E-state index in [1.807, 2.05) is 67.6 Å². The average molecular weight is 1490 g/mol. The predicted octanol–water partition coefficient (Wildman–Crippen LogP) is 5.66. The number of aryl methyl sites for hydroxylation is 1. The first kappa shape index (κ1) is 77.4. The number of nitrogens with zero attached hydrogens (tertiary/aromatic N) is 5. The number of esters is 1. The van der Waals surface area contributed by atoms with Gasteiger partial charge in [-0.15, -0.1) is 11.6 Å². The lowest BCUT2D eigenvalue weighted by molar-refractivity contribution is -0.143. The maximum absolute atomic E-state index is 13.9. The number of amides is 7. The molecule has 0 spiro atoms. The third-order valence-electron chi connectivity index (χ3n) is 16.5. The fourth-order valence-electron chi connectivity index (χ4n) is 11.3. The zero-order chi connectivity index (χ0) is 75.6. The van der Waals surface area contributed by atoms with Gasteiger partial charge in [-0.3, -0.25) is 57.9 Å². The molecule has 5 atom stereocenters. The molecule has 4 aromatic heterocycles. The second kappa shape index (κ2) is 35.9. The molecule has 35 heteroatoms. The molecule has 0 aliphatic carbocycles. The number of hydrogen-bond acceptors (Lipinski definition) is 20. The average Bonchev–Trinajstić information content (AvgIpc) is 1.67. The van der Waals surface area contributed by atoms with E-state index < -0.39 is 77.7 Å². The van der Waals surface area contributed by atoms with Gasteiger partial charge < -0.3 is 84.2 Å². The molecule has 9 aromatic rings. The van der Waals surface area contributed by atoms with Crippen molar-refractivity contribution in [3.05, 3.63) is 153 Å². The van der Waals surface area contributed by atoms with Crippen LogP contribution in [0.25, 0.3) is 43.7 Å². The van der Waals surface area contributed by atoms with E-state index in [4.69, 9.17) is 33.5 Å². The number of aliphatic imine (C=N–C) groups is 1. The van der Waals surface area contributed by atoms with Crippen molar-refractivity contribution in [1.82, 2.24) is 56.5 Å². The number of aromatic nitrogens is 6. The number of carboxylic acids is 2. The zero-order valence-electron chi connectivity index (χ0n) is 57.2. The molecule has 550 valence electrons. The summed E-state index contributed by atoms with van der Waals surface area (Å²) in [6.45, 7) is 5.74. The van der Waals surface area contributed by atoms with Gasteiger partial charge in [0.15, 0.2) is 17.1 Å². The Morgan fingerprint density at radius 1 is 0.762 bits per heavy atom. The molecule has 5 aromatic carbocycles. The second-order valence-corrected chi connectivity index (χ2v) is 27.3. The maximum atomic E-state index is 13.9. The number of aromatic amines is 3. The number of carbonyl (C=O) groups is 10. The highest BCUT2D eigenvalue weighted by Crippen LogP contribution is 2.46. The van der Waals surface area contributed by atoms with Crippen LogP contribution in [-0.4, -0.2) is 167 Å². The van der Waals surface area contributed by atoms with Gasteiger partial charge in [-0.25, -0.2) is 14.8 Å². The summed E-state index contributed by atoms with van der Waals surface area (Å²) in [5.74, 6) is -6.40. The van der Waals surface area contributed by atoms with Crippen LogP contribution < -0.4 is 69.6 Å². The Hall–Kier alpha value is -11.8. The van der Waals surface area contributed by atoms with Crippen LogP contribution in [0.2, 0.25) is 0 Å². The first-order valence-electron chi connectivity index (χ1n) is 32.9. The molecule has 10 rings (SSSR count). The standard InChI is InChI=1S/C36H50N14O10S2.C34H27ClN4O4/c1-18(44-30(55)19-6-8-20(9-7-19)42-15-21-16-43-29-28(45-21)33(58)50-36(39)49-29)5-10-26(52)46-22(4-3-12-41-35(37)38)31(56)47-23(14-27(53)54)32(57)48-24(34(59)60)17-62-61-13-11-25(51)40-2;1-18-7-9-26-20(11-18)13-28(37-26)33(41)36-23-8-10-27-21(12-23)14-29(38-27)34(42)39-17-22(16-35)32-25-6-4-3-5-24(25)31(15-30(32)39)43-19(2)40/h6-9,16,18,22-24,42H,3-5,10-15,17H2,1-2H3,(H,40,51)(H,44,55)(H,46,52)(H,47,56)(H,48,57)(H,53,54)(H,59,60)(H4,37,38,41)(H3,39,43,49,50,58);3-15,22,37-38H,16-17H2,1-2H3,(H,36,41)/t18-,22+,23+,24+;/m1./s1. The van der Waals surface area contributed by atoms with Crippen molar-refractivity contribution in [3.63, 3.8) is 0 Å². The minimum absolute atomic E-state index is 0.0307. The first-order valence-corrected chi connectivity index (χ1v) is 35.9. The normalized spacial score (nSPS) is 13.4. The fraction of sp³-hybridized carbons (Fsp3) is 0.300. The van der Waals surface area contributed by atoms with E-state index in [1.54, 1.807) is 54.3 Å². The quantitative estimate of drug-likeness (QED) is 0.00474. The number of guanidine groups is 1. The smallest absolute Gasteiger partial charge is 0.327 e. The van der Waals surface area contributed by atoms with Crippen LogP contribution in [0.1, 0.15) is 106 Å². The van der Waals surface area contributed by atoms with Gasteiger partial charge in [-0.05, 0) is 111 Å². The van der Waals surface area contributed by atoms with E-state index in [9.17, 15) is 63.0 Å². The molecule has 5 heterocycles. The van der Waals surface area contributed by atoms with Crippen LogP contribution in [0, 0.1) is 6.92 Å². The summed E-state index contributed by atoms with van der Waals surface area (Å²) >= 11 is 6.41. The van der Waals surface area contributed by atoms with Crippen molar-refractivity contribution in [2.75, 3.05) is 58.8 Å². The number of ether oxygens (including phenoxy) is 1. The van der Waals surface area contributed by atoms with Gasteiger partial charge in [0.2, 0.25) is 29.6 Å². The van der Waals surface area contributed by atoms with Gasteiger partial charge in [0.05, 0.1) is 30.5 Å². The number of nitrogens with one attached hydrogen (secondary N) is 10. The number of aliphatic carboxylic acids is 2. The Kier molecular flexibility index (Phi) is 26.5. The molecule has 105 heavy (non-hydrogen) atoms. The molecule has 0 fully saturated rings. The molecular formula is C70H77ClN18O14S2. The van der Waals surface area contributed by atoms with Crippen LogP contribution in [-0.2, 0) is 40.1 Å². The molecule has 1 unspecified atom stereocenters. The predicted molar refractivity (Wildman–Crippen MR) is 401 cm³/mol. The molecule has 0 saturated carbocycles. The molecule has 0 radical (unpaired) electrons. The number of H-pyrrole nitrogens is 3. The molecule has 0 saturated heterocycles. The van der Waals surface area contributed by atoms with Crippen molar-refractivity contribution < 1.29 is 62.9 Å². The summed E-state index contributed by atoms with van der Waals surface area (Å²) in [4.78, 5) is 165. The lowest BCUT2D eigenvalue weighted by Crippen LogP contribution is -2.56. The van der Waals surface area contributed by atoms with Gasteiger partial charge in [0, 0.05) is 119 Å². The van der Waals surface area contributed by atoms with Gasteiger partial charge in [-0.1, -0.05) is 57.5 Å². The zero-order valence-corrected chi connectivity index (χ0v) is 59.6. The van der Waals surface area contributed by atoms with Crippen LogP contribution >= 0.6 is 33.2 Å². The Bertz CT molecular complexity index is 4870. The lowest BCUT2D eigenvalue weighted by atomic mass is 9.95. The van der Waals surface area contributed by atoms with E-state index in [0.29, 0.717) is 63.6 Å². The number of carboxylic acid groups (broad SMARTS) is 2. The van der Waals surface area contributed by atoms with Crippen molar-refractivity contribution >= 4 is 165 Å². The third-order valence-corrected chi connectivity index (χ3v) is 19.3. The topological polar surface area (TPSA) is 501 Å². The summed E-state index contributed by atoms with van der Waals surface area (Å²) in [7, 11) is 3.77. The molecule has 1 aliphatic rings. The maximum Gasteiger partial charge on any atom is 0.327 e. The van der Waals surface area contributed by atoms with Crippen LogP contribution in [0.15, 0.2) is 119 Å². The number of nitrogen functional groups attached to an aromatic ring is 1. The first-order chi connectivity index (χ1) is 50.2. The minimum Gasteiger partial charge on any atom is -0.481 e. The second-order valence-electron chi connectivity index (χ2n) is 24.4. The van der Waals surface area contributed by atoms with E-state index in [-0.39, 0.29) is 97.7 Å². The number of carbonyl (C=O) groups excluding carboxylic acids is 8. The number of fused-ring (bicyclic) bond motifs is 6. The van der Waals surface area contributed by atoms with Crippen LogP contribution in [0.5, 0.6) is 5.75 Å².